The minimum atomic E-state index is -0.258. The van der Waals surface area contributed by atoms with Crippen LogP contribution in [0.25, 0.3) is 0 Å². The van der Waals surface area contributed by atoms with Crippen molar-refractivity contribution >= 4 is 54.8 Å². The maximum Gasteiger partial charge on any atom is 0.138 e. The van der Waals surface area contributed by atoms with Gasteiger partial charge in [-0.15, -0.1) is 11.3 Å². The van der Waals surface area contributed by atoms with Gasteiger partial charge in [-0.3, -0.25) is 0 Å². The first-order valence-electron chi connectivity index (χ1n) is 5.06. The van der Waals surface area contributed by atoms with E-state index < -0.39 is 0 Å². The first-order valence-corrected chi connectivity index (χ1v) is 7.84. The Hall–Kier alpha value is -0.0700. The van der Waals surface area contributed by atoms with Crippen molar-refractivity contribution < 1.29 is 4.74 Å². The van der Waals surface area contributed by atoms with Crippen LogP contribution in [0.2, 0.25) is 5.02 Å². The standard InChI is InChI=1S/C12H10Br2ClNOS/c1-17-12-7(4-6(15)5-8(12)13)11(16)9-2-3-10(14)18-9/h2-5,11H,16H2,1H3. The van der Waals surface area contributed by atoms with E-state index in [4.69, 9.17) is 22.1 Å². The molecule has 0 fully saturated rings. The Bertz CT molecular complexity index is 573. The molecule has 1 heterocycles. The topological polar surface area (TPSA) is 35.2 Å². The molecule has 1 atom stereocenters. The smallest absolute Gasteiger partial charge is 0.138 e. The highest BCUT2D eigenvalue weighted by Gasteiger charge is 2.18. The molecule has 2 nitrogen and oxygen atoms in total. The van der Waals surface area contributed by atoms with Gasteiger partial charge in [-0.1, -0.05) is 11.6 Å². The first kappa shape index (κ1) is 14.3. The highest BCUT2D eigenvalue weighted by Crippen LogP contribution is 2.39. The second-order valence-corrected chi connectivity index (χ2v) is 7.41. The van der Waals surface area contributed by atoms with Crippen LogP contribution in [0.5, 0.6) is 5.75 Å². The van der Waals surface area contributed by atoms with Crippen LogP contribution in [0.4, 0.5) is 0 Å². The maximum absolute atomic E-state index is 6.27. The summed E-state index contributed by atoms with van der Waals surface area (Å²) in [7, 11) is 1.62. The van der Waals surface area contributed by atoms with Crippen LogP contribution >= 0.6 is 54.8 Å². The van der Waals surface area contributed by atoms with E-state index in [0.717, 1.165) is 24.4 Å². The van der Waals surface area contributed by atoms with Crippen LogP contribution in [0.1, 0.15) is 16.5 Å². The summed E-state index contributed by atoms with van der Waals surface area (Å²) in [6, 6.07) is 7.34. The monoisotopic (exact) mass is 409 g/mol. The van der Waals surface area contributed by atoms with Gasteiger partial charge in [-0.05, 0) is 56.1 Å². The molecule has 0 aliphatic heterocycles. The van der Waals surface area contributed by atoms with Gasteiger partial charge < -0.3 is 10.5 Å². The lowest BCUT2D eigenvalue weighted by Crippen LogP contribution is -2.12. The predicted octanol–water partition coefficient (Wildman–Crippen LogP) is 4.98. The molecule has 1 aromatic heterocycles. The fraction of sp³-hybridized carbons (Fsp3) is 0.167. The van der Waals surface area contributed by atoms with E-state index in [1.807, 2.05) is 18.2 Å². The third kappa shape index (κ3) is 2.91. The summed E-state index contributed by atoms with van der Waals surface area (Å²) >= 11 is 14.5. The second kappa shape index (κ2) is 5.92. The van der Waals surface area contributed by atoms with E-state index in [2.05, 4.69) is 31.9 Å². The van der Waals surface area contributed by atoms with Crippen LogP contribution in [0, 0.1) is 0 Å². The molecule has 6 heteroatoms. The van der Waals surface area contributed by atoms with Crippen LogP contribution in [-0.4, -0.2) is 7.11 Å². The highest BCUT2D eigenvalue weighted by molar-refractivity contribution is 9.11. The molecule has 96 valence electrons. The molecule has 0 bridgehead atoms. The Balaban J connectivity index is 2.49. The molecule has 18 heavy (non-hydrogen) atoms. The average molecular weight is 412 g/mol. The van der Waals surface area contributed by atoms with Gasteiger partial charge in [-0.25, -0.2) is 0 Å². The fourth-order valence-electron chi connectivity index (χ4n) is 1.68. The summed E-state index contributed by atoms with van der Waals surface area (Å²) in [5.41, 5.74) is 7.14. The molecule has 2 N–H and O–H groups in total. The lowest BCUT2D eigenvalue weighted by molar-refractivity contribution is 0.405. The molecule has 0 amide bonds. The van der Waals surface area contributed by atoms with Crippen LogP contribution in [0.15, 0.2) is 32.5 Å². The molecule has 1 aromatic carbocycles. The van der Waals surface area contributed by atoms with E-state index in [1.165, 1.54) is 0 Å². The zero-order chi connectivity index (χ0) is 13.3. The summed E-state index contributed by atoms with van der Waals surface area (Å²) in [5.74, 6) is 0.719. The predicted molar refractivity (Wildman–Crippen MR) is 83.8 cm³/mol. The van der Waals surface area contributed by atoms with Crippen molar-refractivity contribution in [1.29, 1.82) is 0 Å². The van der Waals surface area contributed by atoms with Crippen molar-refractivity contribution in [2.45, 2.75) is 6.04 Å². The SMILES string of the molecule is COc1c(Br)cc(Cl)cc1C(N)c1ccc(Br)s1. The normalized spacial score (nSPS) is 12.5. The Morgan fingerprint density at radius 1 is 1.33 bits per heavy atom. The number of benzene rings is 1. The van der Waals surface area contributed by atoms with E-state index in [-0.39, 0.29) is 6.04 Å². The van der Waals surface area contributed by atoms with Gasteiger partial charge in [0.15, 0.2) is 0 Å². The number of thiophene rings is 1. The largest absolute Gasteiger partial charge is 0.495 e. The molecule has 2 rings (SSSR count). The Labute approximate surface area is 131 Å². The number of ether oxygens (including phenoxy) is 1. The summed E-state index contributed by atoms with van der Waals surface area (Å²) in [4.78, 5) is 1.05. The molecule has 1 unspecified atom stereocenters. The number of nitrogens with two attached hydrogens (primary N) is 1. The van der Waals surface area contributed by atoms with Gasteiger partial charge in [0.1, 0.15) is 5.75 Å². The molecule has 0 aliphatic rings. The zero-order valence-corrected chi connectivity index (χ0v) is 14.2. The molecule has 0 aliphatic carbocycles. The van der Waals surface area contributed by atoms with Crippen molar-refractivity contribution in [1.82, 2.24) is 0 Å². The summed E-state index contributed by atoms with van der Waals surface area (Å²) in [6.45, 7) is 0. The van der Waals surface area contributed by atoms with Crippen LogP contribution < -0.4 is 10.5 Å². The van der Waals surface area contributed by atoms with Crippen LogP contribution in [-0.2, 0) is 0 Å². The number of methoxy groups -OCH3 is 1. The third-order valence-electron chi connectivity index (χ3n) is 2.48. The van der Waals surface area contributed by atoms with E-state index >= 15 is 0 Å². The van der Waals surface area contributed by atoms with Crippen molar-refractivity contribution in [3.63, 3.8) is 0 Å². The lowest BCUT2D eigenvalue weighted by Gasteiger charge is -2.16. The van der Waals surface area contributed by atoms with Gasteiger partial charge in [-0.2, -0.15) is 0 Å². The number of halogens is 3. The second-order valence-electron chi connectivity index (χ2n) is 3.63. The van der Waals surface area contributed by atoms with Gasteiger partial charge in [0.25, 0.3) is 0 Å². The summed E-state index contributed by atoms with van der Waals surface area (Å²) in [5, 5.41) is 0.628. The molecule has 0 saturated heterocycles. The van der Waals surface area contributed by atoms with Crippen molar-refractivity contribution in [2.75, 3.05) is 7.11 Å². The molecule has 2 aromatic rings. The minimum absolute atomic E-state index is 0.258. The summed E-state index contributed by atoms with van der Waals surface area (Å²) < 4.78 is 7.24. The number of rotatable bonds is 3. The zero-order valence-electron chi connectivity index (χ0n) is 9.41. The highest BCUT2D eigenvalue weighted by atomic mass is 79.9. The number of hydrogen-bond acceptors (Lipinski definition) is 3. The number of hydrogen-bond donors (Lipinski definition) is 1. The molecule has 0 radical (unpaired) electrons. The minimum Gasteiger partial charge on any atom is -0.495 e. The molecular formula is C12H10Br2ClNOS. The molecular weight excluding hydrogens is 401 g/mol. The van der Waals surface area contributed by atoms with Gasteiger partial charge in [0.2, 0.25) is 0 Å². The van der Waals surface area contributed by atoms with Crippen molar-refractivity contribution in [3.05, 3.63) is 48.0 Å². The lowest BCUT2D eigenvalue weighted by atomic mass is 10.1. The van der Waals surface area contributed by atoms with E-state index in [9.17, 15) is 0 Å². The van der Waals surface area contributed by atoms with Crippen LogP contribution in [0.3, 0.4) is 0 Å². The van der Waals surface area contributed by atoms with Gasteiger partial charge in [0, 0.05) is 15.5 Å². The van der Waals surface area contributed by atoms with E-state index in [1.54, 1.807) is 24.5 Å². The quantitative estimate of drug-likeness (QED) is 0.773. The average Bonchev–Trinajstić information content (AvgIpc) is 2.74. The third-order valence-corrected chi connectivity index (χ3v) is 4.99. The first-order chi connectivity index (χ1) is 8.52. The summed E-state index contributed by atoms with van der Waals surface area (Å²) in [6.07, 6.45) is 0. The van der Waals surface area contributed by atoms with Crippen molar-refractivity contribution in [3.8, 4) is 5.75 Å². The fourth-order valence-corrected chi connectivity index (χ4v) is 4.12. The van der Waals surface area contributed by atoms with E-state index in [0.29, 0.717) is 5.02 Å². The Kier molecular flexibility index (Phi) is 4.72. The Morgan fingerprint density at radius 2 is 2.06 bits per heavy atom. The molecule has 0 spiro atoms. The Morgan fingerprint density at radius 3 is 2.61 bits per heavy atom. The van der Waals surface area contributed by atoms with Gasteiger partial charge in [0.05, 0.1) is 21.4 Å². The molecule has 0 saturated carbocycles. The van der Waals surface area contributed by atoms with Crippen molar-refractivity contribution in [2.24, 2.45) is 5.73 Å². The maximum atomic E-state index is 6.27. The van der Waals surface area contributed by atoms with Gasteiger partial charge >= 0.3 is 0 Å².